The Morgan fingerprint density at radius 3 is 2.19 bits per heavy atom. The molecule has 1 aromatic carbocycles. The number of nitrogens with zero attached hydrogens (tertiary/aromatic N) is 1. The van der Waals surface area contributed by atoms with Gasteiger partial charge in [-0.3, -0.25) is 0 Å². The maximum absolute atomic E-state index is 2.52. The molecule has 0 bridgehead atoms. The second-order valence-electron chi connectivity index (χ2n) is 4.99. The molecule has 1 nitrogen and oxygen atoms in total. The van der Waals surface area contributed by atoms with Crippen LogP contribution in [0.4, 0.5) is 0 Å². The van der Waals surface area contributed by atoms with Crippen LogP contribution in [0.3, 0.4) is 0 Å². The first-order valence-corrected chi connectivity index (χ1v) is 7.71. The molecule has 116 valence electrons. The van der Waals surface area contributed by atoms with Crippen molar-refractivity contribution in [2.45, 2.75) is 33.1 Å². The second-order valence-corrected chi connectivity index (χ2v) is 5.84. The standard InChI is InChI=1S/C16H22N.3ClH.Ti/c1-4-17(5-2)11-10-14-12-13(3)15-8-6-7-9-16(14)15;;;;/h6-9,14H,4-5,10-11H2,1-3H3;3*1H;/q;;;;+3/p-3. The molecule has 0 radical (unpaired) electrons. The summed E-state index contributed by atoms with van der Waals surface area (Å²) in [5.74, 6) is 0.641. The van der Waals surface area contributed by atoms with Gasteiger partial charge in [-0.15, -0.1) is 0 Å². The van der Waals surface area contributed by atoms with E-state index in [4.69, 9.17) is 0 Å². The van der Waals surface area contributed by atoms with Crippen molar-refractivity contribution >= 4 is 5.57 Å². The number of hydrogen-bond donors (Lipinski definition) is 0. The molecule has 0 amide bonds. The number of hydrogen-bond acceptors (Lipinski definition) is 1. The van der Waals surface area contributed by atoms with Gasteiger partial charge in [-0.1, -0.05) is 0 Å². The monoisotopic (exact) mass is 381 g/mol. The maximum Gasteiger partial charge on any atom is -1.00 e. The number of fused-ring (bicyclic) bond motifs is 1. The van der Waals surface area contributed by atoms with Crippen molar-refractivity contribution < 1.29 is 57.7 Å². The predicted octanol–water partition coefficient (Wildman–Crippen LogP) is -5.19. The van der Waals surface area contributed by atoms with E-state index in [1.54, 1.807) is 9.44 Å². The molecule has 1 unspecified atom stereocenters. The number of allylic oxidation sites excluding steroid dienone is 2. The molecule has 0 fully saturated rings. The van der Waals surface area contributed by atoms with E-state index in [2.05, 4.69) is 70.4 Å². The van der Waals surface area contributed by atoms with Crippen LogP contribution in [-0.4, -0.2) is 24.5 Å². The first kappa shape index (κ1) is 23.8. The zero-order valence-corrected chi connectivity index (χ0v) is 16.6. The summed E-state index contributed by atoms with van der Waals surface area (Å²) < 4.78 is 1.57. The largest absolute Gasteiger partial charge is 1.00 e. The van der Waals surface area contributed by atoms with E-state index in [1.807, 2.05) is 0 Å². The van der Waals surface area contributed by atoms with Crippen LogP contribution in [0.15, 0.2) is 28.1 Å². The Balaban J connectivity index is 0. The summed E-state index contributed by atoms with van der Waals surface area (Å²) in [6.07, 6.45) is 1.25. The van der Waals surface area contributed by atoms with Crippen LogP contribution in [0.1, 0.15) is 44.2 Å². The van der Waals surface area contributed by atoms with Crippen LogP contribution in [0.5, 0.6) is 0 Å². The van der Waals surface area contributed by atoms with Gasteiger partial charge in [0.1, 0.15) is 0 Å². The van der Waals surface area contributed by atoms with Crippen molar-refractivity contribution in [2.24, 2.45) is 0 Å². The molecule has 1 aliphatic carbocycles. The van der Waals surface area contributed by atoms with Crippen LogP contribution in [-0.2, 0) is 20.4 Å². The SMILES string of the molecule is CCN(CC)CCC1[C]([Ti+3])=C(C)c2ccccc21.[Cl-].[Cl-].[Cl-]. The van der Waals surface area contributed by atoms with Gasteiger partial charge in [0.25, 0.3) is 0 Å². The van der Waals surface area contributed by atoms with Crippen molar-refractivity contribution in [3.05, 3.63) is 39.3 Å². The molecule has 5 heteroatoms. The maximum atomic E-state index is 2.52. The summed E-state index contributed by atoms with van der Waals surface area (Å²) in [5.41, 5.74) is 4.51. The van der Waals surface area contributed by atoms with Gasteiger partial charge in [-0.25, -0.2) is 0 Å². The van der Waals surface area contributed by atoms with Gasteiger partial charge >= 0.3 is 123 Å². The molecule has 0 N–H and O–H groups in total. The molecule has 0 heterocycles. The van der Waals surface area contributed by atoms with Crippen LogP contribution < -0.4 is 37.2 Å². The molecule has 1 aromatic rings. The summed E-state index contributed by atoms with van der Waals surface area (Å²) in [6.45, 7) is 10.3. The van der Waals surface area contributed by atoms with E-state index in [0.717, 1.165) is 13.1 Å². The molecule has 0 aromatic heterocycles. The number of rotatable bonds is 5. The van der Waals surface area contributed by atoms with Crippen LogP contribution in [0, 0.1) is 0 Å². The van der Waals surface area contributed by atoms with Crippen LogP contribution in [0.2, 0.25) is 0 Å². The number of halogens is 3. The number of benzene rings is 1. The van der Waals surface area contributed by atoms with E-state index < -0.39 is 0 Å². The average Bonchev–Trinajstić information content (AvgIpc) is 2.65. The van der Waals surface area contributed by atoms with Crippen LogP contribution >= 0.6 is 0 Å². The summed E-state index contributed by atoms with van der Waals surface area (Å²) in [5, 5.41) is 0. The quantitative estimate of drug-likeness (QED) is 0.461. The molecular weight excluding hydrogens is 360 g/mol. The molecule has 2 rings (SSSR count). The average molecular weight is 383 g/mol. The van der Waals surface area contributed by atoms with Gasteiger partial charge in [-0.2, -0.15) is 0 Å². The van der Waals surface area contributed by atoms with E-state index in [0.29, 0.717) is 5.92 Å². The van der Waals surface area contributed by atoms with Gasteiger partial charge in [0.15, 0.2) is 0 Å². The minimum Gasteiger partial charge on any atom is -1.00 e. The molecule has 0 saturated carbocycles. The van der Waals surface area contributed by atoms with E-state index in [1.165, 1.54) is 24.1 Å². The minimum absolute atomic E-state index is 0. The fraction of sp³-hybridized carbons (Fsp3) is 0.500. The fourth-order valence-corrected chi connectivity index (χ4v) is 3.53. The summed E-state index contributed by atoms with van der Waals surface area (Å²) in [6, 6.07) is 8.91. The van der Waals surface area contributed by atoms with Crippen LogP contribution in [0.25, 0.3) is 5.57 Å². The van der Waals surface area contributed by atoms with Crippen molar-refractivity contribution in [1.82, 2.24) is 4.90 Å². The molecule has 0 saturated heterocycles. The van der Waals surface area contributed by atoms with E-state index in [-0.39, 0.29) is 37.2 Å². The first-order valence-electron chi connectivity index (χ1n) is 6.93. The van der Waals surface area contributed by atoms with Crippen molar-refractivity contribution in [2.75, 3.05) is 19.6 Å². The third-order valence-electron chi connectivity index (χ3n) is 4.12. The van der Waals surface area contributed by atoms with Gasteiger partial charge in [0, 0.05) is 0 Å². The summed E-state index contributed by atoms with van der Waals surface area (Å²) in [4.78, 5) is 2.52. The normalized spacial score (nSPS) is 16.0. The summed E-state index contributed by atoms with van der Waals surface area (Å²) in [7, 11) is 0. The van der Waals surface area contributed by atoms with E-state index in [9.17, 15) is 0 Å². The molecular formula is C16H22Cl3NTi. The predicted molar refractivity (Wildman–Crippen MR) is 74.2 cm³/mol. The Labute approximate surface area is 159 Å². The molecule has 21 heavy (non-hydrogen) atoms. The second kappa shape index (κ2) is 11.1. The topological polar surface area (TPSA) is 3.24 Å². The zero-order valence-electron chi connectivity index (χ0n) is 12.8. The smallest absolute Gasteiger partial charge is 1.00 e. The van der Waals surface area contributed by atoms with E-state index >= 15 is 0 Å². The Morgan fingerprint density at radius 1 is 1.05 bits per heavy atom. The van der Waals surface area contributed by atoms with Crippen molar-refractivity contribution in [3.8, 4) is 0 Å². The Kier molecular flexibility index (Phi) is 12.6. The molecule has 1 aliphatic rings. The Bertz CT molecular complexity index is 459. The zero-order chi connectivity index (χ0) is 13.1. The van der Waals surface area contributed by atoms with Crippen molar-refractivity contribution in [3.63, 3.8) is 0 Å². The molecule has 0 aliphatic heterocycles. The Hall–Kier alpha value is 0.504. The van der Waals surface area contributed by atoms with Gasteiger partial charge < -0.3 is 37.2 Å². The third-order valence-corrected chi connectivity index (χ3v) is 5.25. The molecule has 1 atom stereocenters. The van der Waals surface area contributed by atoms with Gasteiger partial charge in [0.05, 0.1) is 0 Å². The first-order chi connectivity index (χ1) is 8.69. The van der Waals surface area contributed by atoms with Gasteiger partial charge in [0.2, 0.25) is 0 Å². The summed E-state index contributed by atoms with van der Waals surface area (Å²) >= 11 is 2.31. The fourth-order valence-electron chi connectivity index (χ4n) is 2.86. The minimum atomic E-state index is 0. The molecule has 0 spiro atoms. The Morgan fingerprint density at radius 2 is 1.62 bits per heavy atom. The van der Waals surface area contributed by atoms with Crippen molar-refractivity contribution in [1.29, 1.82) is 0 Å². The van der Waals surface area contributed by atoms with Gasteiger partial charge in [-0.05, 0) is 0 Å². The third kappa shape index (κ3) is 5.27.